The summed E-state index contributed by atoms with van der Waals surface area (Å²) in [5.41, 5.74) is 0. The number of nitrogens with one attached hydrogen (secondary N) is 1. The summed E-state index contributed by atoms with van der Waals surface area (Å²) in [5, 5.41) is 121. The number of amides is 1. The molecule has 628 valence electrons. The zero-order valence-electron chi connectivity index (χ0n) is 67.6. The second-order valence-electron chi connectivity index (χ2n) is 31.0. The standard InChI is InChI=1S/C89H159NO18/c1-3-5-7-9-11-13-15-17-19-21-23-25-27-29-31-33-35-37-38-40-42-44-46-48-50-52-54-56-58-60-62-64-66-73(94)72(90-77(95)67-65-63-61-59-57-55-53-51-49-47-45-43-41-39-36-34-32-30-28-26-24-22-20-18-16-14-12-10-8-6-4-2)71-103-87-83(101)80(98)85(75(69-92)105-87)108-89-84(102)81(99)86(76(70-93)106-89)107-88-82(100)79(97)78(96)74(68-91)104-88/h6,8,12,14,18,20,24,26,30,32,36,39,64,66,72-76,78-89,91-94,96-102H,3-5,7,9-11,13,15-17,19,21-23,25,27-29,31,33-35,37-38,40-63,65,67-71H2,1-2H3,(H,90,95)/b8-6-,14-12-,20-18-,26-24-,32-30-,39-36-,66-64+. The lowest BCUT2D eigenvalue weighted by Crippen LogP contribution is -2.66. The average molecular weight is 1530 g/mol. The summed E-state index contributed by atoms with van der Waals surface area (Å²) in [6, 6.07) is -0.981. The van der Waals surface area contributed by atoms with Crippen LogP contribution in [-0.2, 0) is 33.2 Å². The predicted molar refractivity (Wildman–Crippen MR) is 434 cm³/mol. The van der Waals surface area contributed by atoms with Gasteiger partial charge in [0.25, 0.3) is 0 Å². The van der Waals surface area contributed by atoms with Gasteiger partial charge in [0.2, 0.25) is 5.91 Å². The van der Waals surface area contributed by atoms with Crippen molar-refractivity contribution < 1.29 is 89.4 Å². The molecule has 12 N–H and O–H groups in total. The van der Waals surface area contributed by atoms with Gasteiger partial charge in [-0.1, -0.05) is 349 Å². The van der Waals surface area contributed by atoms with Gasteiger partial charge < -0.3 is 89.9 Å². The Balaban J connectivity index is 1.35. The lowest BCUT2D eigenvalue weighted by atomic mass is 9.96. The fraction of sp³-hybridized carbons (Fsp3) is 0.831. The second kappa shape index (κ2) is 68.4. The van der Waals surface area contributed by atoms with Crippen molar-refractivity contribution in [3.63, 3.8) is 0 Å². The van der Waals surface area contributed by atoms with Crippen molar-refractivity contribution in [1.29, 1.82) is 0 Å². The minimum absolute atomic E-state index is 0.237. The molecule has 0 spiro atoms. The van der Waals surface area contributed by atoms with Crippen molar-refractivity contribution >= 4 is 5.91 Å². The minimum Gasteiger partial charge on any atom is -0.394 e. The monoisotopic (exact) mass is 1530 g/mol. The highest BCUT2D eigenvalue weighted by atomic mass is 16.8. The molecule has 1 amide bonds. The SMILES string of the molecule is CC/C=C\C/C=C\C/C=C\C/C=C\C/C=C\C/C=C\CCCCCCCCCCCCCCC(=O)NC(COC1OC(CO)C(OC2OC(CO)C(OC3OC(CO)C(O)C(O)C3O)C(O)C2O)C(O)C1O)C(O)/C=C/CCCCCCCCCCCCCCCCCCCCCCCCCCCCCCCC. The fourth-order valence-corrected chi connectivity index (χ4v) is 14.5. The lowest BCUT2D eigenvalue weighted by molar-refractivity contribution is -0.379. The first-order chi connectivity index (χ1) is 52.8. The summed E-state index contributed by atoms with van der Waals surface area (Å²) in [7, 11) is 0. The molecular formula is C89H159NO18. The summed E-state index contributed by atoms with van der Waals surface area (Å²) >= 11 is 0. The molecule has 19 heteroatoms. The van der Waals surface area contributed by atoms with Crippen LogP contribution in [0.25, 0.3) is 0 Å². The number of aliphatic hydroxyl groups is 11. The van der Waals surface area contributed by atoms with Crippen LogP contribution in [0.2, 0.25) is 0 Å². The largest absolute Gasteiger partial charge is 0.394 e. The van der Waals surface area contributed by atoms with Crippen LogP contribution in [0, 0.1) is 0 Å². The molecule has 0 aromatic rings. The van der Waals surface area contributed by atoms with E-state index in [0.717, 1.165) is 96.3 Å². The number of allylic oxidation sites excluding steroid dienone is 13. The highest BCUT2D eigenvalue weighted by Gasteiger charge is 2.54. The maximum atomic E-state index is 13.5. The van der Waals surface area contributed by atoms with Gasteiger partial charge in [0.1, 0.15) is 73.2 Å². The van der Waals surface area contributed by atoms with Gasteiger partial charge in [0.15, 0.2) is 18.9 Å². The Kier molecular flexibility index (Phi) is 62.8. The molecule has 17 unspecified atom stereocenters. The molecule has 0 aromatic heterocycles. The first kappa shape index (κ1) is 99.2. The Bertz CT molecular complexity index is 2280. The van der Waals surface area contributed by atoms with E-state index in [1.165, 1.54) is 218 Å². The van der Waals surface area contributed by atoms with Gasteiger partial charge in [-0.15, -0.1) is 0 Å². The van der Waals surface area contributed by atoms with Crippen molar-refractivity contribution in [2.45, 2.75) is 446 Å². The van der Waals surface area contributed by atoms with E-state index in [-0.39, 0.29) is 18.9 Å². The van der Waals surface area contributed by atoms with Gasteiger partial charge in [-0.3, -0.25) is 4.79 Å². The van der Waals surface area contributed by atoms with Crippen molar-refractivity contribution in [3.8, 4) is 0 Å². The number of rotatable bonds is 70. The molecule has 19 nitrogen and oxygen atoms in total. The first-order valence-corrected chi connectivity index (χ1v) is 43.8. The Hall–Kier alpha value is -3.03. The van der Waals surface area contributed by atoms with E-state index in [1.807, 2.05) is 6.08 Å². The maximum absolute atomic E-state index is 13.5. The van der Waals surface area contributed by atoms with Crippen LogP contribution in [0.5, 0.6) is 0 Å². The molecule has 0 bridgehead atoms. The molecule has 3 rings (SSSR count). The van der Waals surface area contributed by atoms with Crippen molar-refractivity contribution in [2.75, 3.05) is 26.4 Å². The molecule has 108 heavy (non-hydrogen) atoms. The van der Waals surface area contributed by atoms with E-state index in [9.17, 15) is 61.0 Å². The highest BCUT2D eigenvalue weighted by molar-refractivity contribution is 5.76. The lowest BCUT2D eigenvalue weighted by Gasteiger charge is -2.48. The van der Waals surface area contributed by atoms with E-state index in [1.54, 1.807) is 6.08 Å². The fourth-order valence-electron chi connectivity index (χ4n) is 14.5. The summed E-state index contributed by atoms with van der Waals surface area (Å²) in [6.45, 7) is 1.66. The van der Waals surface area contributed by atoms with Crippen LogP contribution >= 0.6 is 0 Å². The van der Waals surface area contributed by atoms with Crippen molar-refractivity contribution in [3.05, 3.63) is 85.1 Å². The number of aliphatic hydroxyl groups excluding tert-OH is 11. The van der Waals surface area contributed by atoms with Gasteiger partial charge in [-0.25, -0.2) is 0 Å². The molecule has 3 fully saturated rings. The number of carbonyl (C=O) groups excluding carboxylic acids is 1. The van der Waals surface area contributed by atoms with E-state index in [2.05, 4.69) is 92.1 Å². The molecule has 3 aliphatic rings. The third-order valence-corrected chi connectivity index (χ3v) is 21.4. The molecule has 3 aliphatic heterocycles. The Labute approximate surface area is 654 Å². The van der Waals surface area contributed by atoms with E-state index in [4.69, 9.17) is 28.4 Å². The normalized spacial score (nSPS) is 25.8. The van der Waals surface area contributed by atoms with E-state index in [0.29, 0.717) is 6.42 Å². The molecule has 17 atom stereocenters. The second-order valence-corrected chi connectivity index (χ2v) is 31.0. The third-order valence-electron chi connectivity index (χ3n) is 21.4. The van der Waals surface area contributed by atoms with Gasteiger partial charge >= 0.3 is 0 Å². The molecule has 3 saturated heterocycles. The van der Waals surface area contributed by atoms with E-state index >= 15 is 0 Å². The summed E-state index contributed by atoms with van der Waals surface area (Å²) in [6.07, 6.45) is 65.8. The number of carbonyl (C=O) groups is 1. The number of hydrogen-bond donors (Lipinski definition) is 12. The molecule has 3 heterocycles. The van der Waals surface area contributed by atoms with Crippen LogP contribution in [0.1, 0.15) is 341 Å². The van der Waals surface area contributed by atoms with E-state index < -0.39 is 124 Å². The summed E-state index contributed by atoms with van der Waals surface area (Å²) in [5.74, 6) is -0.276. The number of hydrogen-bond acceptors (Lipinski definition) is 18. The average Bonchev–Trinajstić information content (AvgIpc) is 0.779. The van der Waals surface area contributed by atoms with Gasteiger partial charge in [-0.05, 0) is 70.6 Å². The van der Waals surface area contributed by atoms with Crippen LogP contribution < -0.4 is 5.32 Å². The molecule has 0 aliphatic carbocycles. The van der Waals surface area contributed by atoms with Crippen LogP contribution in [0.4, 0.5) is 0 Å². The van der Waals surface area contributed by atoms with Gasteiger partial charge in [0, 0.05) is 6.42 Å². The third kappa shape index (κ3) is 47.0. The summed E-state index contributed by atoms with van der Waals surface area (Å²) < 4.78 is 34.5. The minimum atomic E-state index is -1.98. The summed E-state index contributed by atoms with van der Waals surface area (Å²) in [4.78, 5) is 13.5. The maximum Gasteiger partial charge on any atom is 0.220 e. The molecule has 0 aromatic carbocycles. The first-order valence-electron chi connectivity index (χ1n) is 43.8. The number of unbranched alkanes of at least 4 members (excludes halogenated alkanes) is 42. The quantitative estimate of drug-likeness (QED) is 0.0199. The van der Waals surface area contributed by atoms with Crippen LogP contribution in [0.3, 0.4) is 0 Å². The zero-order chi connectivity index (χ0) is 78.1. The zero-order valence-corrected chi connectivity index (χ0v) is 67.6. The van der Waals surface area contributed by atoms with Crippen molar-refractivity contribution in [1.82, 2.24) is 5.32 Å². The van der Waals surface area contributed by atoms with Crippen LogP contribution in [0.15, 0.2) is 85.1 Å². The molecule has 0 radical (unpaired) electrons. The van der Waals surface area contributed by atoms with Crippen molar-refractivity contribution in [2.24, 2.45) is 0 Å². The Morgan fingerprint density at radius 2 is 0.639 bits per heavy atom. The number of ether oxygens (including phenoxy) is 6. The van der Waals surface area contributed by atoms with Gasteiger partial charge in [-0.2, -0.15) is 0 Å². The topological polar surface area (TPSA) is 307 Å². The Morgan fingerprint density at radius 1 is 0.343 bits per heavy atom. The molecule has 0 saturated carbocycles. The molecular weight excluding hydrogens is 1370 g/mol. The highest BCUT2D eigenvalue weighted by Crippen LogP contribution is 2.33. The predicted octanol–water partition coefficient (Wildman–Crippen LogP) is 16.1. The smallest absolute Gasteiger partial charge is 0.220 e. The van der Waals surface area contributed by atoms with Crippen LogP contribution in [-0.4, -0.2) is 193 Å². The Morgan fingerprint density at radius 3 is 1.00 bits per heavy atom. The van der Waals surface area contributed by atoms with Gasteiger partial charge in [0.05, 0.1) is 38.6 Å².